The number of halogens is 1. The largest absolute Gasteiger partial charge is 0.398 e. The van der Waals surface area contributed by atoms with Gasteiger partial charge >= 0.3 is 0 Å². The van der Waals surface area contributed by atoms with Crippen LogP contribution in [0.5, 0.6) is 0 Å². The fourth-order valence-electron chi connectivity index (χ4n) is 4.41. The molecule has 1 aromatic carbocycles. The molecule has 0 radical (unpaired) electrons. The number of amides is 2. The Morgan fingerprint density at radius 1 is 1.33 bits per heavy atom. The van der Waals surface area contributed by atoms with E-state index in [0.29, 0.717) is 24.1 Å². The Hall–Kier alpha value is -2.12. The molecule has 1 heterocycles. The Bertz CT molecular complexity index is 823. The molecule has 0 aromatic heterocycles. The number of hydrogen-bond acceptors (Lipinski definition) is 5. The second-order valence-electron chi connectivity index (χ2n) is 8.69. The van der Waals surface area contributed by atoms with E-state index < -0.39 is 18.0 Å². The maximum atomic E-state index is 13.1. The molecule has 8 heteroatoms. The number of nitrogens with two attached hydrogens (primary N) is 1. The Kier molecular flexibility index (Phi) is 7.03. The molecule has 3 rings (SSSR count). The van der Waals surface area contributed by atoms with Crippen LogP contribution in [0.25, 0.3) is 0 Å². The standard InChI is InChI=1S/C22H30ClN3O4/c1-3-18-19(17(27)12-30-18)26-21(29)16(11-22(2)8-4-5-9-22)25-20(28)13-6-7-15(24)14(23)10-13/h6-7,10,16,18-19H,3-5,8-9,11-12,24H2,1-2H3,(H,25,28)(H,26,29)/t16-,18-,19+/m0/s1. The second kappa shape index (κ2) is 9.35. The summed E-state index contributed by atoms with van der Waals surface area (Å²) in [5.41, 5.74) is 6.40. The summed E-state index contributed by atoms with van der Waals surface area (Å²) in [6, 6.07) is 3.18. The second-order valence-corrected chi connectivity index (χ2v) is 9.10. The van der Waals surface area contributed by atoms with Crippen LogP contribution in [-0.4, -0.2) is 42.4 Å². The molecule has 0 unspecified atom stereocenters. The van der Waals surface area contributed by atoms with Gasteiger partial charge in [-0.15, -0.1) is 0 Å². The minimum absolute atomic E-state index is 0.00211. The molecule has 0 bridgehead atoms. The lowest BCUT2D eigenvalue weighted by Crippen LogP contribution is -2.54. The Morgan fingerprint density at radius 3 is 2.67 bits per heavy atom. The van der Waals surface area contributed by atoms with Gasteiger partial charge in [-0.05, 0) is 49.3 Å². The Labute approximate surface area is 182 Å². The summed E-state index contributed by atoms with van der Waals surface area (Å²) >= 11 is 6.04. The van der Waals surface area contributed by atoms with E-state index in [1.165, 1.54) is 6.07 Å². The van der Waals surface area contributed by atoms with Gasteiger partial charge in [0.15, 0.2) is 5.78 Å². The molecule has 7 nitrogen and oxygen atoms in total. The van der Waals surface area contributed by atoms with Crippen LogP contribution in [0, 0.1) is 5.41 Å². The fraction of sp³-hybridized carbons (Fsp3) is 0.591. The zero-order valence-electron chi connectivity index (χ0n) is 17.5. The number of Topliss-reactive ketones (excluding diaryl/α,β-unsaturated/α-hetero) is 1. The summed E-state index contributed by atoms with van der Waals surface area (Å²) in [5.74, 6) is -0.905. The van der Waals surface area contributed by atoms with Crippen LogP contribution in [0.3, 0.4) is 0 Å². The molecule has 1 aliphatic heterocycles. The van der Waals surface area contributed by atoms with Crippen molar-refractivity contribution in [3.05, 3.63) is 28.8 Å². The minimum atomic E-state index is -0.761. The molecule has 1 aliphatic carbocycles. The number of rotatable bonds is 7. The van der Waals surface area contributed by atoms with Gasteiger partial charge in [0.05, 0.1) is 16.8 Å². The Balaban J connectivity index is 1.77. The maximum Gasteiger partial charge on any atom is 0.251 e. The third-order valence-electron chi connectivity index (χ3n) is 6.25. The number of ketones is 1. The first-order valence-corrected chi connectivity index (χ1v) is 10.9. The van der Waals surface area contributed by atoms with E-state index in [4.69, 9.17) is 22.1 Å². The summed E-state index contributed by atoms with van der Waals surface area (Å²) in [6.45, 7) is 4.05. The molecule has 4 N–H and O–H groups in total. The summed E-state index contributed by atoms with van der Waals surface area (Å²) in [7, 11) is 0. The molecule has 164 valence electrons. The van der Waals surface area contributed by atoms with Crippen LogP contribution in [-0.2, 0) is 14.3 Å². The highest BCUT2D eigenvalue weighted by Crippen LogP contribution is 2.41. The van der Waals surface area contributed by atoms with E-state index in [1.54, 1.807) is 12.1 Å². The molecular formula is C22H30ClN3O4. The summed E-state index contributed by atoms with van der Waals surface area (Å²) in [6.07, 6.45) is 5.02. The van der Waals surface area contributed by atoms with Crippen LogP contribution in [0.4, 0.5) is 5.69 Å². The first kappa shape index (κ1) is 22.6. The monoisotopic (exact) mass is 435 g/mol. The van der Waals surface area contributed by atoms with Gasteiger partial charge < -0.3 is 21.1 Å². The molecule has 30 heavy (non-hydrogen) atoms. The number of anilines is 1. The molecule has 2 fully saturated rings. The number of hydrogen-bond donors (Lipinski definition) is 3. The third-order valence-corrected chi connectivity index (χ3v) is 6.58. The van der Waals surface area contributed by atoms with E-state index in [2.05, 4.69) is 17.6 Å². The predicted molar refractivity (Wildman–Crippen MR) is 115 cm³/mol. The van der Waals surface area contributed by atoms with Gasteiger partial charge in [-0.25, -0.2) is 0 Å². The SMILES string of the molecule is CC[C@@H]1OCC(=O)[C@H]1NC(=O)[C@H](CC1(C)CCCC1)NC(=O)c1ccc(N)c(Cl)c1. The third kappa shape index (κ3) is 5.13. The van der Waals surface area contributed by atoms with Crippen LogP contribution in [0.1, 0.15) is 62.7 Å². The van der Waals surface area contributed by atoms with Crippen molar-refractivity contribution in [1.29, 1.82) is 0 Å². The van der Waals surface area contributed by atoms with Crippen LogP contribution in [0.2, 0.25) is 5.02 Å². The predicted octanol–water partition coefficient (Wildman–Crippen LogP) is 2.85. The molecule has 0 spiro atoms. The van der Waals surface area contributed by atoms with Gasteiger partial charge in [0, 0.05) is 5.56 Å². The van der Waals surface area contributed by atoms with Gasteiger partial charge in [0.1, 0.15) is 18.7 Å². The summed E-state index contributed by atoms with van der Waals surface area (Å²) in [4.78, 5) is 38.2. The van der Waals surface area contributed by atoms with Gasteiger partial charge in [-0.3, -0.25) is 14.4 Å². The van der Waals surface area contributed by atoms with Crippen molar-refractivity contribution >= 4 is 34.9 Å². The highest BCUT2D eigenvalue weighted by Gasteiger charge is 2.39. The van der Waals surface area contributed by atoms with E-state index in [1.807, 2.05) is 6.92 Å². The Morgan fingerprint density at radius 2 is 2.03 bits per heavy atom. The van der Waals surface area contributed by atoms with E-state index in [0.717, 1.165) is 25.7 Å². The van der Waals surface area contributed by atoms with Crippen LogP contribution in [0.15, 0.2) is 18.2 Å². The number of carbonyl (C=O) groups is 3. The van der Waals surface area contributed by atoms with Crippen molar-refractivity contribution in [1.82, 2.24) is 10.6 Å². The molecule has 1 aromatic rings. The van der Waals surface area contributed by atoms with Crippen molar-refractivity contribution in [2.75, 3.05) is 12.3 Å². The highest BCUT2D eigenvalue weighted by atomic mass is 35.5. The van der Waals surface area contributed by atoms with Crippen LogP contribution < -0.4 is 16.4 Å². The molecular weight excluding hydrogens is 406 g/mol. The van der Waals surface area contributed by atoms with E-state index in [-0.39, 0.29) is 34.8 Å². The van der Waals surface area contributed by atoms with Crippen molar-refractivity contribution in [3.8, 4) is 0 Å². The van der Waals surface area contributed by atoms with Gasteiger partial charge in [-0.2, -0.15) is 0 Å². The molecule has 2 aliphatic rings. The van der Waals surface area contributed by atoms with Crippen molar-refractivity contribution < 1.29 is 19.1 Å². The number of ether oxygens (including phenoxy) is 1. The number of nitrogens with one attached hydrogen (secondary N) is 2. The van der Waals surface area contributed by atoms with Gasteiger partial charge in [0.2, 0.25) is 5.91 Å². The maximum absolute atomic E-state index is 13.1. The lowest BCUT2D eigenvalue weighted by Gasteiger charge is -2.30. The normalized spacial score (nSPS) is 23.9. The average molecular weight is 436 g/mol. The van der Waals surface area contributed by atoms with E-state index >= 15 is 0 Å². The zero-order valence-corrected chi connectivity index (χ0v) is 18.3. The minimum Gasteiger partial charge on any atom is -0.398 e. The molecule has 1 saturated carbocycles. The molecule has 1 saturated heterocycles. The number of nitrogen functional groups attached to an aromatic ring is 1. The van der Waals surface area contributed by atoms with Crippen molar-refractivity contribution in [2.24, 2.45) is 5.41 Å². The number of benzene rings is 1. The molecule has 2 amide bonds. The van der Waals surface area contributed by atoms with Crippen molar-refractivity contribution in [3.63, 3.8) is 0 Å². The highest BCUT2D eigenvalue weighted by molar-refractivity contribution is 6.33. The molecule has 3 atom stereocenters. The smallest absolute Gasteiger partial charge is 0.251 e. The van der Waals surface area contributed by atoms with Gasteiger partial charge in [-0.1, -0.05) is 38.3 Å². The lowest BCUT2D eigenvalue weighted by molar-refractivity contribution is -0.128. The quantitative estimate of drug-likeness (QED) is 0.570. The lowest BCUT2D eigenvalue weighted by atomic mass is 9.81. The topological polar surface area (TPSA) is 111 Å². The summed E-state index contributed by atoms with van der Waals surface area (Å²) in [5, 5.41) is 5.96. The number of carbonyl (C=O) groups excluding carboxylic acids is 3. The van der Waals surface area contributed by atoms with Crippen LogP contribution >= 0.6 is 11.6 Å². The first-order chi connectivity index (χ1) is 14.2. The fourth-order valence-corrected chi connectivity index (χ4v) is 4.59. The zero-order chi connectivity index (χ0) is 21.9. The first-order valence-electron chi connectivity index (χ1n) is 10.5. The summed E-state index contributed by atoms with van der Waals surface area (Å²) < 4.78 is 5.46. The van der Waals surface area contributed by atoms with Gasteiger partial charge in [0.25, 0.3) is 5.91 Å². The average Bonchev–Trinajstić information content (AvgIpc) is 3.29. The van der Waals surface area contributed by atoms with Crippen molar-refractivity contribution in [2.45, 2.75) is 70.6 Å². The van der Waals surface area contributed by atoms with E-state index in [9.17, 15) is 14.4 Å².